The molecule has 0 spiro atoms. The fraction of sp³-hybridized carbons (Fsp3) is 0.929. The molecule has 2 atom stereocenters. The predicted molar refractivity (Wildman–Crippen MR) is 73.4 cm³/mol. The number of rotatable bonds is 4. The molecule has 2 aliphatic rings. The zero-order valence-corrected chi connectivity index (χ0v) is 11.7. The van der Waals surface area contributed by atoms with Gasteiger partial charge < -0.3 is 15.5 Å². The fourth-order valence-electron chi connectivity index (χ4n) is 3.04. The van der Waals surface area contributed by atoms with Crippen LogP contribution in [0.4, 0.5) is 0 Å². The molecule has 0 aromatic heterocycles. The Morgan fingerprint density at radius 3 is 2.67 bits per heavy atom. The molecule has 2 heterocycles. The van der Waals surface area contributed by atoms with Gasteiger partial charge in [-0.1, -0.05) is 6.92 Å². The van der Waals surface area contributed by atoms with Crippen molar-refractivity contribution in [1.82, 2.24) is 15.5 Å². The Balaban J connectivity index is 1.61. The van der Waals surface area contributed by atoms with Crippen molar-refractivity contribution in [2.75, 3.05) is 39.8 Å². The Bertz CT molecular complexity index is 274. The fourth-order valence-corrected chi connectivity index (χ4v) is 3.04. The molecule has 0 bridgehead atoms. The van der Waals surface area contributed by atoms with E-state index in [4.69, 9.17) is 0 Å². The van der Waals surface area contributed by atoms with Gasteiger partial charge in [-0.3, -0.25) is 4.79 Å². The number of piperidine rings is 1. The van der Waals surface area contributed by atoms with Crippen molar-refractivity contribution in [2.45, 2.75) is 26.2 Å². The Morgan fingerprint density at radius 1 is 1.33 bits per heavy atom. The Labute approximate surface area is 110 Å². The van der Waals surface area contributed by atoms with E-state index in [1.54, 1.807) is 0 Å². The second kappa shape index (κ2) is 6.53. The van der Waals surface area contributed by atoms with Crippen molar-refractivity contribution < 1.29 is 4.79 Å². The molecule has 0 radical (unpaired) electrons. The van der Waals surface area contributed by atoms with E-state index in [1.165, 1.54) is 25.9 Å². The van der Waals surface area contributed by atoms with E-state index >= 15 is 0 Å². The van der Waals surface area contributed by atoms with E-state index in [1.807, 2.05) is 0 Å². The van der Waals surface area contributed by atoms with Crippen LogP contribution < -0.4 is 10.6 Å². The average Bonchev–Trinajstić information content (AvgIpc) is 2.78. The maximum atomic E-state index is 12.0. The molecule has 18 heavy (non-hydrogen) atoms. The van der Waals surface area contributed by atoms with Crippen LogP contribution in [0.15, 0.2) is 0 Å². The largest absolute Gasteiger partial charge is 0.356 e. The highest BCUT2D eigenvalue weighted by molar-refractivity contribution is 5.79. The highest BCUT2D eigenvalue weighted by Crippen LogP contribution is 2.19. The van der Waals surface area contributed by atoms with Crippen molar-refractivity contribution in [1.29, 1.82) is 0 Å². The van der Waals surface area contributed by atoms with Gasteiger partial charge in [0.2, 0.25) is 5.91 Å². The minimum atomic E-state index is 0.183. The SMILES string of the molecule is CC1CNCC1C(=O)NCCC1CCN(C)CC1. The third-order valence-corrected chi connectivity index (χ3v) is 4.54. The van der Waals surface area contributed by atoms with Crippen LogP contribution in [0.1, 0.15) is 26.2 Å². The van der Waals surface area contributed by atoms with E-state index in [0.29, 0.717) is 5.92 Å². The van der Waals surface area contributed by atoms with Crippen LogP contribution in [-0.2, 0) is 4.79 Å². The molecule has 2 aliphatic heterocycles. The number of nitrogens with one attached hydrogen (secondary N) is 2. The molecule has 2 fully saturated rings. The number of hydrogen-bond acceptors (Lipinski definition) is 3. The minimum absolute atomic E-state index is 0.183. The molecule has 4 heteroatoms. The molecule has 0 saturated carbocycles. The normalized spacial score (nSPS) is 30.6. The van der Waals surface area contributed by atoms with Crippen LogP contribution in [0.25, 0.3) is 0 Å². The molecule has 0 aliphatic carbocycles. The number of amides is 1. The van der Waals surface area contributed by atoms with Crippen LogP contribution in [0.5, 0.6) is 0 Å². The second-order valence-electron chi connectivity index (χ2n) is 6.07. The average molecular weight is 253 g/mol. The van der Waals surface area contributed by atoms with E-state index in [-0.39, 0.29) is 11.8 Å². The minimum Gasteiger partial charge on any atom is -0.356 e. The standard InChI is InChI=1S/C14H27N3O/c1-11-9-15-10-13(11)14(18)16-6-3-12-4-7-17(2)8-5-12/h11-13,15H,3-10H2,1-2H3,(H,16,18). The first-order valence-corrected chi connectivity index (χ1v) is 7.34. The zero-order chi connectivity index (χ0) is 13.0. The van der Waals surface area contributed by atoms with Crippen molar-refractivity contribution in [3.05, 3.63) is 0 Å². The summed E-state index contributed by atoms with van der Waals surface area (Å²) in [5.74, 6) is 1.72. The molecule has 0 aromatic rings. The number of likely N-dealkylation sites (tertiary alicyclic amines) is 1. The lowest BCUT2D eigenvalue weighted by Gasteiger charge is -2.29. The van der Waals surface area contributed by atoms with Crippen LogP contribution in [0, 0.1) is 17.8 Å². The van der Waals surface area contributed by atoms with E-state index in [2.05, 4.69) is 29.5 Å². The van der Waals surface area contributed by atoms with Gasteiger partial charge in [0.1, 0.15) is 0 Å². The number of nitrogens with zero attached hydrogens (tertiary/aromatic N) is 1. The zero-order valence-electron chi connectivity index (χ0n) is 11.7. The predicted octanol–water partition coefficient (Wildman–Crippen LogP) is 0.690. The monoisotopic (exact) mass is 253 g/mol. The van der Waals surface area contributed by atoms with Crippen molar-refractivity contribution >= 4 is 5.91 Å². The van der Waals surface area contributed by atoms with Gasteiger partial charge in [0, 0.05) is 13.1 Å². The van der Waals surface area contributed by atoms with Crippen molar-refractivity contribution in [3.63, 3.8) is 0 Å². The van der Waals surface area contributed by atoms with Gasteiger partial charge in [0.05, 0.1) is 5.92 Å². The smallest absolute Gasteiger partial charge is 0.224 e. The summed E-state index contributed by atoms with van der Waals surface area (Å²) >= 11 is 0. The molecule has 1 amide bonds. The highest BCUT2D eigenvalue weighted by atomic mass is 16.1. The molecule has 4 nitrogen and oxygen atoms in total. The maximum absolute atomic E-state index is 12.0. The first kappa shape index (κ1) is 13.8. The summed E-state index contributed by atoms with van der Waals surface area (Å²) in [7, 11) is 2.19. The first-order chi connectivity index (χ1) is 8.66. The molecular weight excluding hydrogens is 226 g/mol. The summed E-state index contributed by atoms with van der Waals surface area (Å²) in [6, 6.07) is 0. The molecular formula is C14H27N3O. The summed E-state index contributed by atoms with van der Waals surface area (Å²) in [5, 5.41) is 6.40. The van der Waals surface area contributed by atoms with E-state index in [0.717, 1.165) is 32.0 Å². The first-order valence-electron chi connectivity index (χ1n) is 7.34. The quantitative estimate of drug-likeness (QED) is 0.775. The number of hydrogen-bond donors (Lipinski definition) is 2. The molecule has 2 unspecified atom stereocenters. The van der Waals surface area contributed by atoms with Crippen LogP contribution in [0.2, 0.25) is 0 Å². The Hall–Kier alpha value is -0.610. The second-order valence-corrected chi connectivity index (χ2v) is 6.07. The van der Waals surface area contributed by atoms with Crippen LogP contribution in [0.3, 0.4) is 0 Å². The lowest BCUT2D eigenvalue weighted by molar-refractivity contribution is -0.125. The third-order valence-electron chi connectivity index (χ3n) is 4.54. The Kier molecular flexibility index (Phi) is 5.01. The highest BCUT2D eigenvalue weighted by Gasteiger charge is 2.29. The van der Waals surface area contributed by atoms with Gasteiger partial charge in [-0.15, -0.1) is 0 Å². The summed E-state index contributed by atoms with van der Waals surface area (Å²) in [5.41, 5.74) is 0. The Morgan fingerprint density at radius 2 is 2.06 bits per heavy atom. The molecule has 2 rings (SSSR count). The van der Waals surface area contributed by atoms with Crippen molar-refractivity contribution in [3.8, 4) is 0 Å². The molecule has 0 aromatic carbocycles. The lowest BCUT2D eigenvalue weighted by atomic mass is 9.93. The van der Waals surface area contributed by atoms with Crippen molar-refractivity contribution in [2.24, 2.45) is 17.8 Å². The van der Waals surface area contributed by atoms with Gasteiger partial charge in [-0.25, -0.2) is 0 Å². The van der Waals surface area contributed by atoms with Crippen LogP contribution in [-0.4, -0.2) is 50.6 Å². The van der Waals surface area contributed by atoms with Gasteiger partial charge in [0.15, 0.2) is 0 Å². The summed E-state index contributed by atoms with van der Waals surface area (Å²) in [6.07, 6.45) is 3.72. The lowest BCUT2D eigenvalue weighted by Crippen LogP contribution is -2.36. The van der Waals surface area contributed by atoms with Gasteiger partial charge >= 0.3 is 0 Å². The molecule has 2 saturated heterocycles. The topological polar surface area (TPSA) is 44.4 Å². The summed E-state index contributed by atoms with van der Waals surface area (Å²) in [6.45, 7) is 7.26. The van der Waals surface area contributed by atoms with Gasteiger partial charge in [-0.2, -0.15) is 0 Å². The number of carbonyl (C=O) groups excluding carboxylic acids is 1. The summed E-state index contributed by atoms with van der Waals surface area (Å²) in [4.78, 5) is 14.4. The molecule has 2 N–H and O–H groups in total. The third kappa shape index (κ3) is 3.69. The van der Waals surface area contributed by atoms with Crippen LogP contribution >= 0.6 is 0 Å². The molecule has 104 valence electrons. The number of carbonyl (C=O) groups is 1. The summed E-state index contributed by atoms with van der Waals surface area (Å²) < 4.78 is 0. The van der Waals surface area contributed by atoms with Gasteiger partial charge in [0.25, 0.3) is 0 Å². The van der Waals surface area contributed by atoms with Gasteiger partial charge in [-0.05, 0) is 57.8 Å². The van der Waals surface area contributed by atoms with E-state index in [9.17, 15) is 4.79 Å². The maximum Gasteiger partial charge on any atom is 0.224 e. The van der Waals surface area contributed by atoms with E-state index < -0.39 is 0 Å².